The summed E-state index contributed by atoms with van der Waals surface area (Å²) in [5, 5.41) is 17.3. The Morgan fingerprint density at radius 2 is 2.64 bits per heavy atom. The van der Waals surface area contributed by atoms with Crippen molar-refractivity contribution in [2.75, 3.05) is 6.61 Å². The first-order valence-electron chi connectivity index (χ1n) is 3.32. The fraction of sp³-hybridized carbons (Fsp3) is 0.429. The monoisotopic (exact) mass is 151 g/mol. The number of nitriles is 1. The standard InChI is InChI=1S/C7H9N3O/c1-6(4-11)10-5-9-3-7(10)2-8/h3,5-6,11H,4H2,1H3/t6-/m1/s1. The van der Waals surface area contributed by atoms with Gasteiger partial charge in [0.2, 0.25) is 0 Å². The first-order chi connectivity index (χ1) is 5.29. The van der Waals surface area contributed by atoms with E-state index in [0.717, 1.165) is 0 Å². The average molecular weight is 151 g/mol. The van der Waals surface area contributed by atoms with Gasteiger partial charge in [-0.25, -0.2) is 4.98 Å². The van der Waals surface area contributed by atoms with Crippen LogP contribution in [0.3, 0.4) is 0 Å². The van der Waals surface area contributed by atoms with E-state index in [4.69, 9.17) is 10.4 Å². The summed E-state index contributed by atoms with van der Waals surface area (Å²) < 4.78 is 1.64. The van der Waals surface area contributed by atoms with E-state index in [1.807, 2.05) is 13.0 Å². The van der Waals surface area contributed by atoms with Gasteiger partial charge >= 0.3 is 0 Å². The molecular formula is C7H9N3O. The minimum Gasteiger partial charge on any atom is -0.394 e. The molecule has 4 heteroatoms. The summed E-state index contributed by atoms with van der Waals surface area (Å²) in [6.07, 6.45) is 3.02. The lowest BCUT2D eigenvalue weighted by Gasteiger charge is -2.09. The first-order valence-corrected chi connectivity index (χ1v) is 3.32. The van der Waals surface area contributed by atoms with E-state index in [1.54, 1.807) is 10.9 Å². The van der Waals surface area contributed by atoms with E-state index < -0.39 is 0 Å². The predicted molar refractivity (Wildman–Crippen MR) is 38.7 cm³/mol. The highest BCUT2D eigenvalue weighted by atomic mass is 16.3. The molecule has 1 aromatic heterocycles. The molecule has 1 atom stereocenters. The third-order valence-electron chi connectivity index (χ3n) is 1.52. The highest BCUT2D eigenvalue weighted by Gasteiger charge is 2.06. The van der Waals surface area contributed by atoms with Gasteiger partial charge in [0.05, 0.1) is 25.2 Å². The lowest BCUT2D eigenvalue weighted by molar-refractivity contribution is 0.238. The maximum Gasteiger partial charge on any atom is 0.140 e. The molecule has 0 saturated carbocycles. The Morgan fingerprint density at radius 3 is 3.18 bits per heavy atom. The summed E-state index contributed by atoms with van der Waals surface area (Å²) in [4.78, 5) is 3.79. The van der Waals surface area contributed by atoms with Crippen molar-refractivity contribution in [3.05, 3.63) is 18.2 Å². The Morgan fingerprint density at radius 1 is 1.91 bits per heavy atom. The van der Waals surface area contributed by atoms with E-state index in [9.17, 15) is 0 Å². The third kappa shape index (κ3) is 1.38. The molecule has 0 amide bonds. The second kappa shape index (κ2) is 3.17. The van der Waals surface area contributed by atoms with Crippen LogP contribution in [0.1, 0.15) is 18.7 Å². The van der Waals surface area contributed by atoms with Crippen molar-refractivity contribution in [2.45, 2.75) is 13.0 Å². The van der Waals surface area contributed by atoms with Crippen molar-refractivity contribution in [1.82, 2.24) is 9.55 Å². The molecule has 0 aliphatic heterocycles. The van der Waals surface area contributed by atoms with Crippen molar-refractivity contribution >= 4 is 0 Å². The van der Waals surface area contributed by atoms with Crippen LogP contribution in [-0.2, 0) is 0 Å². The first kappa shape index (κ1) is 7.76. The number of rotatable bonds is 2. The topological polar surface area (TPSA) is 61.8 Å². The molecule has 0 aliphatic carbocycles. The van der Waals surface area contributed by atoms with Crippen molar-refractivity contribution < 1.29 is 5.11 Å². The van der Waals surface area contributed by atoms with Crippen LogP contribution in [-0.4, -0.2) is 21.3 Å². The molecule has 11 heavy (non-hydrogen) atoms. The summed E-state index contributed by atoms with van der Waals surface area (Å²) in [6.45, 7) is 1.84. The molecule has 0 spiro atoms. The maximum atomic E-state index is 8.77. The molecule has 0 aromatic carbocycles. The molecule has 0 radical (unpaired) electrons. The molecule has 1 N–H and O–H groups in total. The van der Waals surface area contributed by atoms with Crippen LogP contribution in [0.15, 0.2) is 12.5 Å². The number of hydrogen-bond donors (Lipinski definition) is 1. The van der Waals surface area contributed by atoms with Crippen LogP contribution < -0.4 is 0 Å². The van der Waals surface area contributed by atoms with Crippen LogP contribution >= 0.6 is 0 Å². The van der Waals surface area contributed by atoms with E-state index in [2.05, 4.69) is 4.98 Å². The molecular weight excluding hydrogens is 142 g/mol. The lowest BCUT2D eigenvalue weighted by Crippen LogP contribution is -2.09. The van der Waals surface area contributed by atoms with Gasteiger partial charge < -0.3 is 9.67 Å². The van der Waals surface area contributed by atoms with Gasteiger partial charge in [0.25, 0.3) is 0 Å². The average Bonchev–Trinajstić information content (AvgIpc) is 2.50. The molecule has 0 saturated heterocycles. The molecule has 0 fully saturated rings. The Hall–Kier alpha value is -1.34. The van der Waals surface area contributed by atoms with Crippen LogP contribution in [0.4, 0.5) is 0 Å². The molecule has 0 bridgehead atoms. The van der Waals surface area contributed by atoms with Gasteiger partial charge in [0.15, 0.2) is 0 Å². The van der Waals surface area contributed by atoms with Gasteiger partial charge in [0, 0.05) is 0 Å². The fourth-order valence-corrected chi connectivity index (χ4v) is 0.830. The van der Waals surface area contributed by atoms with Gasteiger partial charge in [0.1, 0.15) is 11.8 Å². The number of aliphatic hydroxyl groups excluding tert-OH is 1. The normalized spacial score (nSPS) is 12.5. The van der Waals surface area contributed by atoms with Crippen LogP contribution in [0.25, 0.3) is 0 Å². The van der Waals surface area contributed by atoms with Gasteiger partial charge in [-0.2, -0.15) is 5.26 Å². The van der Waals surface area contributed by atoms with Gasteiger partial charge in [-0.15, -0.1) is 0 Å². The summed E-state index contributed by atoms with van der Waals surface area (Å²) in [5.41, 5.74) is 0.478. The molecule has 0 aliphatic rings. The maximum absolute atomic E-state index is 8.77. The number of aliphatic hydroxyl groups is 1. The predicted octanol–water partition coefficient (Wildman–Crippen LogP) is 0.308. The fourth-order valence-electron chi connectivity index (χ4n) is 0.830. The number of aromatic nitrogens is 2. The second-order valence-electron chi connectivity index (χ2n) is 2.33. The Kier molecular flexibility index (Phi) is 2.24. The molecule has 1 rings (SSSR count). The second-order valence-corrected chi connectivity index (χ2v) is 2.33. The van der Waals surface area contributed by atoms with Crippen LogP contribution in [0, 0.1) is 11.3 Å². The van der Waals surface area contributed by atoms with Crippen molar-refractivity contribution in [1.29, 1.82) is 5.26 Å². The summed E-state index contributed by atoms with van der Waals surface area (Å²) >= 11 is 0. The molecule has 1 heterocycles. The van der Waals surface area contributed by atoms with Crippen LogP contribution in [0.5, 0.6) is 0 Å². The van der Waals surface area contributed by atoms with E-state index in [1.165, 1.54) is 6.20 Å². The molecule has 58 valence electrons. The van der Waals surface area contributed by atoms with E-state index in [0.29, 0.717) is 5.69 Å². The van der Waals surface area contributed by atoms with Crippen molar-refractivity contribution in [3.63, 3.8) is 0 Å². The van der Waals surface area contributed by atoms with Crippen molar-refractivity contribution in [3.8, 4) is 6.07 Å². The molecule has 4 nitrogen and oxygen atoms in total. The summed E-state index contributed by atoms with van der Waals surface area (Å²) in [6, 6.07) is 1.90. The quantitative estimate of drug-likeness (QED) is 0.661. The number of hydrogen-bond acceptors (Lipinski definition) is 3. The van der Waals surface area contributed by atoms with Crippen molar-refractivity contribution in [2.24, 2.45) is 0 Å². The minimum absolute atomic E-state index is 0.0189. The summed E-state index contributed by atoms with van der Waals surface area (Å²) in [7, 11) is 0. The van der Waals surface area contributed by atoms with E-state index >= 15 is 0 Å². The zero-order valence-corrected chi connectivity index (χ0v) is 6.23. The zero-order chi connectivity index (χ0) is 8.27. The highest BCUT2D eigenvalue weighted by Crippen LogP contribution is 2.06. The highest BCUT2D eigenvalue weighted by molar-refractivity contribution is 5.17. The summed E-state index contributed by atoms with van der Waals surface area (Å²) in [5.74, 6) is 0. The minimum atomic E-state index is -0.0767. The Balaban J connectivity index is 2.95. The van der Waals surface area contributed by atoms with Gasteiger partial charge in [-0.3, -0.25) is 0 Å². The zero-order valence-electron chi connectivity index (χ0n) is 6.23. The SMILES string of the molecule is C[C@H](CO)n1cncc1C#N. The lowest BCUT2D eigenvalue weighted by atomic mass is 10.3. The Bertz CT molecular complexity index is 273. The smallest absolute Gasteiger partial charge is 0.140 e. The van der Waals surface area contributed by atoms with Crippen LogP contribution in [0.2, 0.25) is 0 Å². The third-order valence-corrected chi connectivity index (χ3v) is 1.52. The molecule has 1 aromatic rings. The number of nitrogens with zero attached hydrogens (tertiary/aromatic N) is 3. The molecule has 0 unspecified atom stereocenters. The van der Waals surface area contributed by atoms with Gasteiger partial charge in [-0.05, 0) is 6.92 Å². The Labute approximate surface area is 64.7 Å². The largest absolute Gasteiger partial charge is 0.394 e. The number of imidazole rings is 1. The van der Waals surface area contributed by atoms with Gasteiger partial charge in [-0.1, -0.05) is 0 Å². The van der Waals surface area contributed by atoms with E-state index in [-0.39, 0.29) is 12.6 Å².